The van der Waals surface area contributed by atoms with Crippen molar-refractivity contribution in [3.05, 3.63) is 35.9 Å². The number of alkyl carbamates (subject to hydrolysis) is 1. The number of ether oxygens (including phenoxy) is 3. The molecule has 1 fully saturated rings. The molecule has 0 aromatic heterocycles. The number of esters is 1. The molecule has 0 heterocycles. The Hall–Kier alpha value is -2.08. The molecular formula is C21H31NO5. The first-order valence-corrected chi connectivity index (χ1v) is 9.52. The van der Waals surface area contributed by atoms with E-state index in [0.29, 0.717) is 12.5 Å². The van der Waals surface area contributed by atoms with Crippen molar-refractivity contribution in [3.8, 4) is 0 Å². The molecule has 0 spiro atoms. The van der Waals surface area contributed by atoms with Gasteiger partial charge in [-0.15, -0.1) is 0 Å². The van der Waals surface area contributed by atoms with E-state index < -0.39 is 29.8 Å². The maximum atomic E-state index is 12.4. The lowest BCUT2D eigenvalue weighted by Gasteiger charge is -2.26. The first-order valence-electron chi connectivity index (χ1n) is 9.52. The lowest BCUT2D eigenvalue weighted by Crippen LogP contribution is -2.43. The van der Waals surface area contributed by atoms with Crippen LogP contribution in [0.5, 0.6) is 0 Å². The van der Waals surface area contributed by atoms with Crippen LogP contribution in [0.3, 0.4) is 0 Å². The van der Waals surface area contributed by atoms with Crippen molar-refractivity contribution in [3.63, 3.8) is 0 Å². The SMILES string of the molecule is C[C@H](NC(=O)OC(C)(C)C)C(=O)O[C@@H](C)[C@H](OCC1CC1)c1ccccc1. The fraction of sp³-hybridized carbons (Fsp3) is 0.619. The second-order valence-corrected chi connectivity index (χ2v) is 8.12. The predicted molar refractivity (Wildman–Crippen MR) is 102 cm³/mol. The minimum absolute atomic E-state index is 0.343. The van der Waals surface area contributed by atoms with Crippen LogP contribution in [-0.2, 0) is 19.0 Å². The molecule has 1 aliphatic rings. The van der Waals surface area contributed by atoms with Crippen LogP contribution in [0, 0.1) is 5.92 Å². The maximum absolute atomic E-state index is 12.4. The molecule has 27 heavy (non-hydrogen) atoms. The highest BCUT2D eigenvalue weighted by atomic mass is 16.6. The Kier molecular flexibility index (Phi) is 7.25. The van der Waals surface area contributed by atoms with Gasteiger partial charge in [0, 0.05) is 0 Å². The third-order valence-corrected chi connectivity index (χ3v) is 4.15. The van der Waals surface area contributed by atoms with Crippen LogP contribution in [0.15, 0.2) is 30.3 Å². The summed E-state index contributed by atoms with van der Waals surface area (Å²) in [6.45, 7) is 9.33. The molecule has 1 saturated carbocycles. The minimum atomic E-state index is -0.817. The Bertz CT molecular complexity index is 621. The maximum Gasteiger partial charge on any atom is 0.408 e. The second kappa shape index (κ2) is 9.22. The summed E-state index contributed by atoms with van der Waals surface area (Å²) < 4.78 is 16.8. The van der Waals surface area contributed by atoms with Crippen molar-refractivity contribution in [1.29, 1.82) is 0 Å². The van der Waals surface area contributed by atoms with E-state index in [1.54, 1.807) is 27.7 Å². The zero-order valence-electron chi connectivity index (χ0n) is 16.9. The molecule has 6 heteroatoms. The molecule has 0 radical (unpaired) electrons. The molecule has 0 saturated heterocycles. The van der Waals surface area contributed by atoms with Gasteiger partial charge in [-0.25, -0.2) is 9.59 Å². The Morgan fingerprint density at radius 1 is 1.15 bits per heavy atom. The number of benzene rings is 1. The molecular weight excluding hydrogens is 346 g/mol. The third-order valence-electron chi connectivity index (χ3n) is 4.15. The topological polar surface area (TPSA) is 73.9 Å². The molecule has 1 aromatic carbocycles. The van der Waals surface area contributed by atoms with Crippen molar-refractivity contribution >= 4 is 12.1 Å². The summed E-state index contributed by atoms with van der Waals surface area (Å²) in [6.07, 6.45) is 0.897. The van der Waals surface area contributed by atoms with Gasteiger partial charge in [-0.1, -0.05) is 30.3 Å². The van der Waals surface area contributed by atoms with Gasteiger partial charge in [-0.2, -0.15) is 0 Å². The van der Waals surface area contributed by atoms with E-state index in [9.17, 15) is 9.59 Å². The highest BCUT2D eigenvalue weighted by Gasteiger charge is 2.30. The number of rotatable bonds is 8. The molecule has 1 aliphatic carbocycles. The fourth-order valence-corrected chi connectivity index (χ4v) is 2.56. The molecule has 1 N–H and O–H groups in total. The van der Waals surface area contributed by atoms with Crippen LogP contribution in [0.25, 0.3) is 0 Å². The van der Waals surface area contributed by atoms with Gasteiger partial charge in [0.1, 0.15) is 23.9 Å². The quantitative estimate of drug-likeness (QED) is 0.693. The molecule has 1 aromatic rings. The first kappa shape index (κ1) is 21.2. The number of amides is 1. The highest BCUT2D eigenvalue weighted by Crippen LogP contribution is 2.32. The Morgan fingerprint density at radius 2 is 1.78 bits per heavy atom. The highest BCUT2D eigenvalue weighted by molar-refractivity contribution is 5.81. The molecule has 0 aliphatic heterocycles. The van der Waals surface area contributed by atoms with Gasteiger partial charge in [0.2, 0.25) is 0 Å². The van der Waals surface area contributed by atoms with Crippen molar-refractivity contribution < 1.29 is 23.8 Å². The summed E-state index contributed by atoms with van der Waals surface area (Å²) in [5.41, 5.74) is 0.335. The molecule has 1 amide bonds. The van der Waals surface area contributed by atoms with E-state index in [0.717, 1.165) is 5.56 Å². The van der Waals surface area contributed by atoms with E-state index in [-0.39, 0.29) is 6.10 Å². The number of carbonyl (C=O) groups is 2. The van der Waals surface area contributed by atoms with Crippen LogP contribution >= 0.6 is 0 Å². The van der Waals surface area contributed by atoms with Crippen molar-refractivity contribution in [2.45, 2.75) is 71.3 Å². The fourth-order valence-electron chi connectivity index (χ4n) is 2.56. The summed E-state index contributed by atoms with van der Waals surface area (Å²) in [5.74, 6) is 0.0798. The summed E-state index contributed by atoms with van der Waals surface area (Å²) in [4.78, 5) is 24.2. The smallest absolute Gasteiger partial charge is 0.408 e. The molecule has 3 atom stereocenters. The summed E-state index contributed by atoms with van der Waals surface area (Å²) >= 11 is 0. The minimum Gasteiger partial charge on any atom is -0.458 e. The third kappa shape index (κ3) is 7.59. The van der Waals surface area contributed by atoms with E-state index in [4.69, 9.17) is 14.2 Å². The van der Waals surface area contributed by atoms with Gasteiger partial charge in [0.05, 0.1) is 6.61 Å². The largest absolute Gasteiger partial charge is 0.458 e. The molecule has 6 nitrogen and oxygen atoms in total. The van der Waals surface area contributed by atoms with Crippen LogP contribution < -0.4 is 5.32 Å². The van der Waals surface area contributed by atoms with Crippen molar-refractivity contribution in [2.75, 3.05) is 6.61 Å². The normalized spacial score (nSPS) is 17.5. The van der Waals surface area contributed by atoms with Gasteiger partial charge in [-0.3, -0.25) is 0 Å². The van der Waals surface area contributed by atoms with Crippen LogP contribution in [0.1, 0.15) is 59.1 Å². The standard InChI is InChI=1S/C21H31NO5/c1-14(22-20(24)27-21(3,4)5)19(23)26-15(2)18(25-13-16-11-12-16)17-9-7-6-8-10-17/h6-10,14-16,18H,11-13H2,1-5H3,(H,22,24)/t14-,15-,18-/m0/s1. The van der Waals surface area contributed by atoms with Gasteiger partial charge in [0.25, 0.3) is 0 Å². The number of hydrogen-bond acceptors (Lipinski definition) is 5. The Balaban J connectivity index is 1.93. The average molecular weight is 377 g/mol. The monoisotopic (exact) mass is 377 g/mol. The zero-order chi connectivity index (χ0) is 20.0. The van der Waals surface area contributed by atoms with Crippen LogP contribution in [0.4, 0.5) is 4.79 Å². The van der Waals surface area contributed by atoms with Crippen molar-refractivity contribution in [2.24, 2.45) is 5.92 Å². The predicted octanol–water partition coefficient (Wildman–Crippen LogP) is 4.00. The van der Waals surface area contributed by atoms with Crippen LogP contribution in [-0.4, -0.2) is 36.4 Å². The molecule has 0 bridgehead atoms. The Morgan fingerprint density at radius 3 is 2.33 bits per heavy atom. The Labute approximate surface area is 161 Å². The molecule has 0 unspecified atom stereocenters. The van der Waals surface area contributed by atoms with E-state index in [1.165, 1.54) is 12.8 Å². The van der Waals surface area contributed by atoms with Crippen LogP contribution in [0.2, 0.25) is 0 Å². The lowest BCUT2D eigenvalue weighted by atomic mass is 10.1. The van der Waals surface area contributed by atoms with E-state index in [1.807, 2.05) is 37.3 Å². The summed E-state index contributed by atoms with van der Waals surface area (Å²) in [7, 11) is 0. The van der Waals surface area contributed by atoms with Gasteiger partial charge in [0.15, 0.2) is 0 Å². The zero-order valence-corrected chi connectivity index (χ0v) is 16.9. The average Bonchev–Trinajstić information content (AvgIpc) is 3.38. The lowest BCUT2D eigenvalue weighted by molar-refractivity contribution is -0.158. The van der Waals surface area contributed by atoms with Gasteiger partial charge >= 0.3 is 12.1 Å². The molecule has 2 rings (SSSR count). The molecule has 150 valence electrons. The summed E-state index contributed by atoms with van der Waals surface area (Å²) in [6, 6.07) is 8.91. The summed E-state index contributed by atoms with van der Waals surface area (Å²) in [5, 5.41) is 2.50. The first-order chi connectivity index (χ1) is 12.7. The second-order valence-electron chi connectivity index (χ2n) is 8.12. The van der Waals surface area contributed by atoms with Crippen molar-refractivity contribution in [1.82, 2.24) is 5.32 Å². The number of nitrogens with one attached hydrogen (secondary N) is 1. The number of hydrogen-bond donors (Lipinski definition) is 1. The van der Waals surface area contributed by atoms with E-state index in [2.05, 4.69) is 5.32 Å². The van der Waals surface area contributed by atoms with Gasteiger partial charge < -0.3 is 19.5 Å². The van der Waals surface area contributed by atoms with Gasteiger partial charge in [-0.05, 0) is 58.9 Å². The number of carbonyl (C=O) groups excluding carboxylic acids is 2. The van der Waals surface area contributed by atoms with E-state index >= 15 is 0 Å².